The molecule has 1 fully saturated rings. The van der Waals surface area contributed by atoms with Crippen molar-refractivity contribution in [2.24, 2.45) is 5.92 Å². The topological polar surface area (TPSA) is 76.4 Å². The number of nitrogens with zero attached hydrogens (tertiary/aromatic N) is 1. The molecule has 94 valence electrons. The highest BCUT2D eigenvalue weighted by Gasteiger charge is 2.57. The van der Waals surface area contributed by atoms with Gasteiger partial charge < -0.3 is 9.47 Å². The quantitative estimate of drug-likeness (QED) is 0.799. The molecule has 3 atom stereocenters. The molecule has 2 aliphatic rings. The Hall–Kier alpha value is -1.74. The first-order chi connectivity index (χ1) is 8.52. The maximum Gasteiger partial charge on any atom is 0.231 e. The van der Waals surface area contributed by atoms with Crippen LogP contribution in [0.5, 0.6) is 11.5 Å². The van der Waals surface area contributed by atoms with Crippen molar-refractivity contribution in [2.75, 3.05) is 13.0 Å². The predicted octanol–water partition coefficient (Wildman–Crippen LogP) is 1.07. The molecule has 0 amide bonds. The number of rotatable bonds is 2. The average molecular weight is 265 g/mol. The van der Waals surface area contributed by atoms with Crippen molar-refractivity contribution < 1.29 is 17.9 Å². The van der Waals surface area contributed by atoms with Gasteiger partial charge in [0.1, 0.15) is 0 Å². The lowest BCUT2D eigenvalue weighted by Gasteiger charge is -2.01. The smallest absolute Gasteiger partial charge is 0.231 e. The summed E-state index contributed by atoms with van der Waals surface area (Å²) in [5.74, 6) is 0.562. The summed E-state index contributed by atoms with van der Waals surface area (Å²) in [6, 6.07) is 7.38. The van der Waals surface area contributed by atoms with Crippen LogP contribution in [0, 0.1) is 17.2 Å². The monoisotopic (exact) mass is 265 g/mol. The third kappa shape index (κ3) is 1.63. The second-order valence-corrected chi connectivity index (χ2v) is 6.79. The van der Waals surface area contributed by atoms with E-state index >= 15 is 0 Å². The maximum atomic E-state index is 11.6. The lowest BCUT2D eigenvalue weighted by atomic mass is 10.1. The van der Waals surface area contributed by atoms with Crippen LogP contribution >= 0.6 is 0 Å². The van der Waals surface area contributed by atoms with Crippen molar-refractivity contribution in [3.8, 4) is 17.6 Å². The molecule has 6 heteroatoms. The van der Waals surface area contributed by atoms with Gasteiger partial charge in [-0.05, 0) is 17.7 Å². The van der Waals surface area contributed by atoms with Crippen LogP contribution < -0.4 is 9.47 Å². The van der Waals surface area contributed by atoms with E-state index in [4.69, 9.17) is 14.7 Å². The van der Waals surface area contributed by atoms with Crippen molar-refractivity contribution in [1.82, 2.24) is 0 Å². The van der Waals surface area contributed by atoms with Crippen molar-refractivity contribution in [2.45, 2.75) is 11.2 Å². The van der Waals surface area contributed by atoms with Gasteiger partial charge in [0.2, 0.25) is 6.79 Å². The average Bonchev–Trinajstić information content (AvgIpc) is 2.90. The summed E-state index contributed by atoms with van der Waals surface area (Å²) < 4.78 is 33.6. The first-order valence-electron chi connectivity index (χ1n) is 5.50. The summed E-state index contributed by atoms with van der Waals surface area (Å²) in [6.45, 7) is 0.181. The third-order valence-electron chi connectivity index (χ3n) is 3.38. The van der Waals surface area contributed by atoms with Gasteiger partial charge in [0.05, 0.1) is 17.2 Å². The fraction of sp³-hybridized carbons (Fsp3) is 0.417. The van der Waals surface area contributed by atoms with Crippen molar-refractivity contribution in [3.05, 3.63) is 23.8 Å². The van der Waals surface area contributed by atoms with Gasteiger partial charge in [0.15, 0.2) is 21.3 Å². The minimum absolute atomic E-state index is 0.181. The predicted molar refractivity (Wildman–Crippen MR) is 63.0 cm³/mol. The molecule has 0 N–H and O–H groups in total. The lowest BCUT2D eigenvalue weighted by Crippen LogP contribution is -2.06. The second kappa shape index (κ2) is 3.62. The van der Waals surface area contributed by atoms with E-state index in [1.807, 2.05) is 0 Å². The molecule has 3 rings (SSSR count). The molecule has 1 aromatic carbocycles. The molecular formula is C12H11NO4S. The third-order valence-corrected chi connectivity index (χ3v) is 4.95. The molecule has 0 bridgehead atoms. The van der Waals surface area contributed by atoms with E-state index in [1.54, 1.807) is 18.2 Å². The van der Waals surface area contributed by atoms with Crippen molar-refractivity contribution >= 4 is 9.84 Å². The van der Waals surface area contributed by atoms with Gasteiger partial charge in [0.25, 0.3) is 0 Å². The van der Waals surface area contributed by atoms with Gasteiger partial charge in [-0.1, -0.05) is 6.07 Å². The Bertz CT molecular complexity index is 647. The van der Waals surface area contributed by atoms with Crippen LogP contribution in [-0.4, -0.2) is 26.7 Å². The number of ether oxygens (including phenoxy) is 2. The highest BCUT2D eigenvalue weighted by Crippen LogP contribution is 2.53. The van der Waals surface area contributed by atoms with Crippen LogP contribution in [0.15, 0.2) is 18.2 Å². The van der Waals surface area contributed by atoms with Gasteiger partial charge in [0, 0.05) is 12.2 Å². The molecule has 0 unspecified atom stereocenters. The van der Waals surface area contributed by atoms with E-state index in [9.17, 15) is 8.42 Å². The van der Waals surface area contributed by atoms with E-state index in [-0.39, 0.29) is 12.7 Å². The van der Waals surface area contributed by atoms with Crippen molar-refractivity contribution in [1.29, 1.82) is 5.26 Å². The SMILES string of the molecule is CS(=O)(=O)[C@H]1[C@@H](C#N)[C@@H]1c1ccc2c(c1)OCO2. The second-order valence-electron chi connectivity index (χ2n) is 4.59. The number of nitriles is 1. The first-order valence-corrected chi connectivity index (χ1v) is 7.46. The van der Waals surface area contributed by atoms with E-state index in [0.717, 1.165) is 5.56 Å². The Morgan fingerprint density at radius 1 is 1.33 bits per heavy atom. The van der Waals surface area contributed by atoms with Crippen LogP contribution in [-0.2, 0) is 9.84 Å². The zero-order chi connectivity index (χ0) is 12.9. The lowest BCUT2D eigenvalue weighted by molar-refractivity contribution is 0.174. The summed E-state index contributed by atoms with van der Waals surface area (Å²) >= 11 is 0. The Labute approximate surface area is 105 Å². The summed E-state index contributed by atoms with van der Waals surface area (Å²) in [7, 11) is -3.20. The standard InChI is InChI=1S/C12H11NO4S/c1-18(14,15)12-8(5-13)11(12)7-2-3-9-10(4-7)17-6-16-9/h2-4,8,11-12H,6H2,1H3/t8-,11-,12-/m0/s1. The van der Waals surface area contributed by atoms with E-state index in [0.29, 0.717) is 11.5 Å². The summed E-state index contributed by atoms with van der Waals surface area (Å²) in [6.07, 6.45) is 1.18. The molecule has 1 saturated carbocycles. The van der Waals surface area contributed by atoms with Gasteiger partial charge >= 0.3 is 0 Å². The van der Waals surface area contributed by atoms with Crippen LogP contribution in [0.3, 0.4) is 0 Å². The summed E-state index contributed by atoms with van der Waals surface area (Å²) in [5, 5.41) is 8.40. The molecule has 5 nitrogen and oxygen atoms in total. The molecule has 1 aromatic rings. The van der Waals surface area contributed by atoms with E-state index in [1.165, 1.54) is 6.26 Å². The first kappa shape index (κ1) is 11.4. The van der Waals surface area contributed by atoms with Crippen LogP contribution in [0.25, 0.3) is 0 Å². The number of sulfone groups is 1. The Balaban J connectivity index is 1.95. The van der Waals surface area contributed by atoms with E-state index < -0.39 is 21.0 Å². The molecule has 18 heavy (non-hydrogen) atoms. The molecule has 1 aliphatic heterocycles. The number of benzene rings is 1. The van der Waals surface area contributed by atoms with Gasteiger partial charge in [-0.15, -0.1) is 0 Å². The summed E-state index contributed by atoms with van der Waals surface area (Å²) in [4.78, 5) is 0. The minimum atomic E-state index is -3.20. The number of fused-ring (bicyclic) bond motifs is 1. The number of hydrogen-bond acceptors (Lipinski definition) is 5. The fourth-order valence-electron chi connectivity index (χ4n) is 2.49. The molecule has 1 aliphatic carbocycles. The van der Waals surface area contributed by atoms with Gasteiger partial charge in [-0.3, -0.25) is 0 Å². The Morgan fingerprint density at radius 2 is 2.06 bits per heavy atom. The van der Waals surface area contributed by atoms with Crippen molar-refractivity contribution in [3.63, 3.8) is 0 Å². The zero-order valence-electron chi connectivity index (χ0n) is 9.66. The molecule has 0 radical (unpaired) electrons. The van der Waals surface area contributed by atoms with Gasteiger partial charge in [-0.2, -0.15) is 5.26 Å². The van der Waals surface area contributed by atoms with Crippen LogP contribution in [0.2, 0.25) is 0 Å². The number of hydrogen-bond donors (Lipinski definition) is 0. The highest BCUT2D eigenvalue weighted by molar-refractivity contribution is 7.91. The van der Waals surface area contributed by atoms with Crippen LogP contribution in [0.4, 0.5) is 0 Å². The normalized spacial score (nSPS) is 28.8. The van der Waals surface area contributed by atoms with E-state index in [2.05, 4.69) is 6.07 Å². The Kier molecular flexibility index (Phi) is 2.29. The summed E-state index contributed by atoms with van der Waals surface area (Å²) in [5.41, 5.74) is 0.821. The largest absolute Gasteiger partial charge is 0.454 e. The van der Waals surface area contributed by atoms with Gasteiger partial charge in [-0.25, -0.2) is 8.42 Å². The molecule has 0 aromatic heterocycles. The molecule has 0 saturated heterocycles. The molecule has 1 heterocycles. The minimum Gasteiger partial charge on any atom is -0.454 e. The highest BCUT2D eigenvalue weighted by atomic mass is 32.2. The molecular weight excluding hydrogens is 254 g/mol. The molecule has 0 spiro atoms. The maximum absolute atomic E-state index is 11.6. The fourth-order valence-corrected chi connectivity index (χ4v) is 4.02. The van der Waals surface area contributed by atoms with Crippen LogP contribution in [0.1, 0.15) is 11.5 Å². The zero-order valence-corrected chi connectivity index (χ0v) is 10.5. The Morgan fingerprint density at radius 3 is 2.67 bits per heavy atom.